The van der Waals surface area contributed by atoms with Crippen molar-refractivity contribution >= 4 is 49.0 Å². The van der Waals surface area contributed by atoms with Crippen molar-refractivity contribution in [2.24, 2.45) is 18.9 Å². The molecule has 1 aromatic carbocycles. The Morgan fingerprint density at radius 3 is 2.44 bits per heavy atom. The van der Waals surface area contributed by atoms with Gasteiger partial charge in [0.25, 0.3) is 11.8 Å². The molecular weight excluding hydrogens is 563 g/mol. The first-order valence-corrected chi connectivity index (χ1v) is 13.5. The Bertz CT molecular complexity index is 1450. The number of benzene rings is 1. The van der Waals surface area contributed by atoms with Gasteiger partial charge in [0, 0.05) is 24.6 Å². The van der Waals surface area contributed by atoms with Gasteiger partial charge in [0.15, 0.2) is 5.69 Å². The highest BCUT2D eigenvalue weighted by atomic mass is 16.6. The average molecular weight is 592 g/mol. The molecule has 4 amide bonds. The Hall–Kier alpha value is -5.02. The average Bonchev–Trinajstić information content (AvgIpc) is 3.51. The lowest BCUT2D eigenvalue weighted by molar-refractivity contribution is -0.396. The number of nitrogens with zero attached hydrogens (tertiary/aromatic N) is 4. The van der Waals surface area contributed by atoms with Crippen LogP contribution in [-0.4, -0.2) is 69.8 Å². The van der Waals surface area contributed by atoms with Crippen molar-refractivity contribution in [1.82, 2.24) is 19.8 Å². The van der Waals surface area contributed by atoms with Crippen LogP contribution in [0.1, 0.15) is 36.9 Å². The molecule has 0 bridgehead atoms. The van der Waals surface area contributed by atoms with Crippen molar-refractivity contribution < 1.29 is 38.4 Å². The summed E-state index contributed by atoms with van der Waals surface area (Å²) in [5.74, 6) is -2.77. The zero-order chi connectivity index (χ0) is 31.1. The largest absolute Gasteiger partial charge is 0.484 e. The normalized spacial score (nSPS) is 17.9. The van der Waals surface area contributed by atoms with Crippen molar-refractivity contribution in [3.05, 3.63) is 57.9 Å². The second-order valence-corrected chi connectivity index (χ2v) is 10.2. The van der Waals surface area contributed by atoms with Gasteiger partial charge in [-0.15, -0.1) is 0 Å². The summed E-state index contributed by atoms with van der Waals surface area (Å²) in [6.45, 7) is -0.265. The highest BCUT2D eigenvalue weighted by molar-refractivity contribution is 6.55. The van der Waals surface area contributed by atoms with Gasteiger partial charge in [-0.25, -0.2) is 4.57 Å². The fourth-order valence-corrected chi connectivity index (χ4v) is 4.92. The summed E-state index contributed by atoms with van der Waals surface area (Å²) >= 11 is 0. The Morgan fingerprint density at radius 2 is 1.81 bits per heavy atom. The van der Waals surface area contributed by atoms with Gasteiger partial charge in [-0.3, -0.25) is 28.9 Å². The number of amides is 4. The number of carbonyl (C=O) groups excluding carboxylic acids is 5. The number of nitro groups is 1. The first-order valence-electron chi connectivity index (χ1n) is 13.5. The summed E-state index contributed by atoms with van der Waals surface area (Å²) in [5, 5.41) is 16.4. The van der Waals surface area contributed by atoms with E-state index in [0.29, 0.717) is 43.5 Å². The Balaban J connectivity index is 1.31. The van der Waals surface area contributed by atoms with Gasteiger partial charge in [0.05, 0.1) is 19.3 Å². The van der Waals surface area contributed by atoms with E-state index in [1.807, 2.05) is 0 Å². The van der Waals surface area contributed by atoms with E-state index >= 15 is 0 Å². The topological polar surface area (TPSA) is 192 Å². The molecule has 1 aliphatic heterocycles. The number of nitrogens with one attached hydrogen (secondary N) is 2. The standard InChI is InChI=1S/C27H29BN6O9/c1-32-19(11-30-27(32)34(40)41)15-42-21-7-4-17(14-43-26(28)39)10-20(21)31-22(35)12-29-25(38)18-5-2-16(3-6-18)13-33-23(36)8-9-24(33)37/h4,7-11,16,18H,2-3,5-6,12-15H2,1H3,(H,29,38)(H,31,35). The molecule has 16 heteroatoms. The molecule has 224 valence electrons. The number of carbonyl (C=O) groups is 5. The predicted molar refractivity (Wildman–Crippen MR) is 150 cm³/mol. The van der Waals surface area contributed by atoms with E-state index < -0.39 is 16.7 Å². The van der Waals surface area contributed by atoms with Crippen molar-refractivity contribution in [1.29, 1.82) is 0 Å². The lowest BCUT2D eigenvalue weighted by atomic mass is 9.81. The number of rotatable bonds is 12. The molecule has 1 aliphatic carbocycles. The number of anilines is 1. The minimum atomic E-state index is -0.976. The molecule has 1 fully saturated rings. The van der Waals surface area contributed by atoms with E-state index in [0.717, 1.165) is 0 Å². The van der Waals surface area contributed by atoms with E-state index in [1.54, 1.807) is 6.07 Å². The quantitative estimate of drug-likeness (QED) is 0.158. The second-order valence-electron chi connectivity index (χ2n) is 10.2. The van der Waals surface area contributed by atoms with Crippen LogP contribution >= 0.6 is 0 Å². The van der Waals surface area contributed by atoms with Crippen LogP contribution in [0.4, 0.5) is 16.4 Å². The third-order valence-electron chi connectivity index (χ3n) is 7.28. The minimum absolute atomic E-state index is 0.104. The molecule has 1 saturated carbocycles. The van der Waals surface area contributed by atoms with Crippen molar-refractivity contribution in [2.75, 3.05) is 18.4 Å². The van der Waals surface area contributed by atoms with Gasteiger partial charge in [-0.1, -0.05) is 11.1 Å². The molecule has 2 aliphatic rings. The molecule has 2 N–H and O–H groups in total. The van der Waals surface area contributed by atoms with E-state index in [-0.39, 0.29) is 66.7 Å². The summed E-state index contributed by atoms with van der Waals surface area (Å²) in [5.41, 5.74) is 1.11. The fourth-order valence-electron chi connectivity index (χ4n) is 4.92. The van der Waals surface area contributed by atoms with Crippen LogP contribution in [0.25, 0.3) is 0 Å². The maximum absolute atomic E-state index is 12.8. The molecule has 0 spiro atoms. The molecule has 0 unspecified atom stereocenters. The van der Waals surface area contributed by atoms with Gasteiger partial charge >= 0.3 is 5.95 Å². The van der Waals surface area contributed by atoms with Crippen molar-refractivity contribution in [2.45, 2.75) is 38.9 Å². The maximum Gasteiger partial charge on any atom is 0.434 e. The zero-order valence-corrected chi connectivity index (χ0v) is 23.3. The zero-order valence-electron chi connectivity index (χ0n) is 23.3. The van der Waals surface area contributed by atoms with Crippen LogP contribution in [0, 0.1) is 22.0 Å². The van der Waals surface area contributed by atoms with Gasteiger partial charge in [-0.2, -0.15) is 0 Å². The third kappa shape index (κ3) is 8.05. The van der Waals surface area contributed by atoms with E-state index in [9.17, 15) is 34.1 Å². The predicted octanol–water partition coefficient (Wildman–Crippen LogP) is 1.50. The number of ether oxygens (including phenoxy) is 2. The smallest absolute Gasteiger partial charge is 0.434 e. The monoisotopic (exact) mass is 592 g/mol. The molecule has 43 heavy (non-hydrogen) atoms. The summed E-state index contributed by atoms with van der Waals surface area (Å²) < 4.78 is 11.9. The van der Waals surface area contributed by atoms with Gasteiger partial charge < -0.3 is 30.2 Å². The number of imidazole rings is 1. The van der Waals surface area contributed by atoms with Crippen LogP contribution in [0.2, 0.25) is 0 Å². The van der Waals surface area contributed by atoms with Crippen LogP contribution in [0.5, 0.6) is 5.75 Å². The summed E-state index contributed by atoms with van der Waals surface area (Å²) in [4.78, 5) is 75.6. The molecule has 0 saturated heterocycles. The Kier molecular flexibility index (Phi) is 9.90. The maximum atomic E-state index is 12.8. The number of hydrogen-bond acceptors (Lipinski definition) is 10. The lowest BCUT2D eigenvalue weighted by Crippen LogP contribution is -2.40. The van der Waals surface area contributed by atoms with Crippen LogP contribution in [-0.2, 0) is 44.2 Å². The van der Waals surface area contributed by atoms with Gasteiger partial charge in [-0.05, 0) is 54.2 Å². The molecule has 2 aromatic rings. The van der Waals surface area contributed by atoms with Crippen molar-refractivity contribution in [3.8, 4) is 5.75 Å². The number of hydrogen-bond donors (Lipinski definition) is 2. The van der Waals surface area contributed by atoms with Crippen LogP contribution in [0.15, 0.2) is 36.5 Å². The molecule has 2 radical (unpaired) electrons. The SMILES string of the molecule is [B]C(=O)OCc1ccc(OCc2cnc([N+](=O)[O-])n2C)c(NC(=O)CNC(=O)C2CCC(CN3C(=O)C=CC3=O)CC2)c1. The Morgan fingerprint density at radius 1 is 1.12 bits per heavy atom. The second kappa shape index (κ2) is 13.8. The summed E-state index contributed by atoms with van der Waals surface area (Å²) in [6, 6.07) is 4.62. The molecule has 1 aromatic heterocycles. The minimum Gasteiger partial charge on any atom is -0.484 e. The third-order valence-corrected chi connectivity index (χ3v) is 7.28. The summed E-state index contributed by atoms with van der Waals surface area (Å²) in [6.07, 6.45) is 6.27. The molecular formula is C27H29BN6O9. The Labute approximate surface area is 247 Å². The fraction of sp³-hybridized carbons (Fsp3) is 0.407. The highest BCUT2D eigenvalue weighted by Crippen LogP contribution is 2.30. The first-order chi connectivity index (χ1) is 20.5. The van der Waals surface area contributed by atoms with Crippen LogP contribution in [0.3, 0.4) is 0 Å². The molecule has 15 nitrogen and oxygen atoms in total. The number of aromatic nitrogens is 2. The lowest BCUT2D eigenvalue weighted by Gasteiger charge is -2.29. The first kappa shape index (κ1) is 30.9. The van der Waals surface area contributed by atoms with E-state index in [2.05, 4.69) is 15.6 Å². The van der Waals surface area contributed by atoms with Gasteiger partial charge in [0.2, 0.25) is 25.5 Å². The van der Waals surface area contributed by atoms with Crippen LogP contribution < -0.4 is 15.4 Å². The number of imide groups is 1. The summed E-state index contributed by atoms with van der Waals surface area (Å²) in [7, 11) is 6.51. The van der Waals surface area contributed by atoms with E-state index in [1.165, 1.54) is 47.0 Å². The molecule has 2 heterocycles. The van der Waals surface area contributed by atoms with E-state index in [4.69, 9.17) is 17.3 Å². The van der Waals surface area contributed by atoms with Crippen molar-refractivity contribution in [3.63, 3.8) is 0 Å². The highest BCUT2D eigenvalue weighted by Gasteiger charge is 2.31. The molecule has 0 atom stereocenters. The molecule has 4 rings (SSSR count). The van der Waals surface area contributed by atoms with Gasteiger partial charge in [0.1, 0.15) is 25.2 Å².